The third kappa shape index (κ3) is 6.35. The first-order valence-corrected chi connectivity index (χ1v) is 7.61. The lowest BCUT2D eigenvalue weighted by Crippen LogP contribution is -2.41. The second-order valence-corrected chi connectivity index (χ2v) is 6.14. The number of benzene rings is 1. The molecule has 0 unspecified atom stereocenters. The second kappa shape index (κ2) is 8.24. The average molecular weight is 378 g/mol. The quantitative estimate of drug-likeness (QED) is 0.800. The van der Waals surface area contributed by atoms with Crippen molar-refractivity contribution in [2.75, 3.05) is 13.2 Å². The Morgan fingerprint density at radius 3 is 2.57 bits per heavy atom. The van der Waals surface area contributed by atoms with Crippen molar-refractivity contribution in [2.45, 2.75) is 26.8 Å². The lowest BCUT2D eigenvalue weighted by molar-refractivity contribution is -0.127. The molecule has 116 valence electrons. The van der Waals surface area contributed by atoms with Gasteiger partial charge in [0.05, 0.1) is 11.6 Å². The monoisotopic (exact) mass is 376 g/mol. The van der Waals surface area contributed by atoms with Crippen LogP contribution in [0.25, 0.3) is 0 Å². The summed E-state index contributed by atoms with van der Waals surface area (Å²) in [5, 5.41) is 5.58. The molecule has 0 aromatic heterocycles. The summed E-state index contributed by atoms with van der Waals surface area (Å²) in [4.78, 5) is 23.0. The molecule has 0 bridgehead atoms. The maximum absolute atomic E-state index is 11.6. The van der Waals surface area contributed by atoms with Gasteiger partial charge in [0.25, 0.3) is 5.91 Å². The molecule has 0 fully saturated rings. The fourth-order valence-electron chi connectivity index (χ4n) is 1.61. The topological polar surface area (TPSA) is 67.4 Å². The zero-order valence-corrected chi connectivity index (χ0v) is 14.5. The van der Waals surface area contributed by atoms with Gasteiger partial charge in [-0.05, 0) is 38.5 Å². The molecule has 5 nitrogen and oxygen atoms in total. The molecule has 0 radical (unpaired) electrons. The largest absolute Gasteiger partial charge is 0.482 e. The van der Waals surface area contributed by atoms with Crippen molar-refractivity contribution in [1.82, 2.24) is 10.6 Å². The van der Waals surface area contributed by atoms with Crippen molar-refractivity contribution >= 4 is 39.3 Å². The van der Waals surface area contributed by atoms with E-state index >= 15 is 0 Å². The summed E-state index contributed by atoms with van der Waals surface area (Å²) in [6.07, 6.45) is 0. The summed E-state index contributed by atoms with van der Waals surface area (Å²) >= 11 is 9.38. The van der Waals surface area contributed by atoms with Crippen molar-refractivity contribution in [1.29, 1.82) is 0 Å². The molecule has 1 aromatic rings. The van der Waals surface area contributed by atoms with E-state index < -0.39 is 0 Å². The molecule has 0 aliphatic carbocycles. The fraction of sp³-hybridized carbons (Fsp3) is 0.429. The number of nitrogens with one attached hydrogen (secondary N) is 2. The number of amides is 2. The van der Waals surface area contributed by atoms with Gasteiger partial charge in [-0.15, -0.1) is 0 Å². The van der Waals surface area contributed by atoms with Gasteiger partial charge in [0.15, 0.2) is 6.61 Å². The average Bonchev–Trinajstić information content (AvgIpc) is 2.34. The van der Waals surface area contributed by atoms with E-state index in [1.54, 1.807) is 6.07 Å². The van der Waals surface area contributed by atoms with E-state index in [1.165, 1.54) is 0 Å². The molecule has 1 aromatic carbocycles. The van der Waals surface area contributed by atoms with E-state index in [1.807, 2.05) is 26.8 Å². The van der Waals surface area contributed by atoms with Crippen molar-refractivity contribution in [2.24, 2.45) is 0 Å². The van der Waals surface area contributed by atoms with Crippen LogP contribution in [0.5, 0.6) is 5.75 Å². The van der Waals surface area contributed by atoms with Crippen LogP contribution < -0.4 is 15.4 Å². The molecule has 0 heterocycles. The van der Waals surface area contributed by atoms with Gasteiger partial charge < -0.3 is 15.4 Å². The van der Waals surface area contributed by atoms with Crippen LogP contribution in [0, 0.1) is 6.92 Å². The molecular formula is C14H18BrClN2O3. The maximum Gasteiger partial charge on any atom is 0.258 e. The van der Waals surface area contributed by atoms with Crippen molar-refractivity contribution in [3.63, 3.8) is 0 Å². The maximum atomic E-state index is 11.6. The molecule has 1 rings (SSSR count). The summed E-state index contributed by atoms with van der Waals surface area (Å²) in [6.45, 7) is 5.26. The fourth-order valence-corrected chi connectivity index (χ4v) is 2.64. The lowest BCUT2D eigenvalue weighted by Gasteiger charge is -2.12. The Kier molecular flexibility index (Phi) is 6.98. The van der Waals surface area contributed by atoms with E-state index in [0.717, 1.165) is 10.0 Å². The number of rotatable bonds is 6. The Morgan fingerprint density at radius 2 is 2.00 bits per heavy atom. The normalized spacial score (nSPS) is 10.4. The highest BCUT2D eigenvalue weighted by Gasteiger charge is 2.11. The van der Waals surface area contributed by atoms with Crippen LogP contribution in [0.4, 0.5) is 0 Å². The van der Waals surface area contributed by atoms with Crippen LogP contribution in [-0.2, 0) is 9.59 Å². The van der Waals surface area contributed by atoms with E-state index in [9.17, 15) is 9.59 Å². The predicted octanol–water partition coefficient (Wildman–Crippen LogP) is 2.43. The minimum atomic E-state index is -0.382. The molecule has 21 heavy (non-hydrogen) atoms. The van der Waals surface area contributed by atoms with E-state index in [0.29, 0.717) is 10.8 Å². The predicted molar refractivity (Wildman–Crippen MR) is 85.7 cm³/mol. The van der Waals surface area contributed by atoms with E-state index in [2.05, 4.69) is 26.6 Å². The number of halogens is 2. The Morgan fingerprint density at radius 1 is 1.33 bits per heavy atom. The third-order valence-corrected chi connectivity index (χ3v) is 3.18. The molecule has 7 heteroatoms. The molecule has 2 N–H and O–H groups in total. The number of ether oxygens (including phenoxy) is 1. The van der Waals surface area contributed by atoms with E-state index in [-0.39, 0.29) is 31.0 Å². The minimum absolute atomic E-state index is 0.0369. The van der Waals surface area contributed by atoms with E-state index in [4.69, 9.17) is 16.3 Å². The summed E-state index contributed by atoms with van der Waals surface area (Å²) in [5.41, 5.74) is 0.819. The van der Waals surface area contributed by atoms with Gasteiger partial charge in [0.1, 0.15) is 5.75 Å². The van der Waals surface area contributed by atoms with Crippen LogP contribution in [0.1, 0.15) is 19.4 Å². The lowest BCUT2D eigenvalue weighted by atomic mass is 10.2. The standard InChI is InChI=1S/C14H18BrClN2O3/c1-8(2)18-12(19)6-17-13(20)7-21-14-9(3)4-10(15)5-11(14)16/h4-5,8H,6-7H2,1-3H3,(H,17,20)(H,18,19). The van der Waals surface area contributed by atoms with Crippen molar-refractivity contribution < 1.29 is 14.3 Å². The molecule has 2 amide bonds. The van der Waals surface area contributed by atoms with Crippen LogP contribution in [0.3, 0.4) is 0 Å². The van der Waals surface area contributed by atoms with Gasteiger partial charge in [0.2, 0.25) is 5.91 Å². The highest BCUT2D eigenvalue weighted by Crippen LogP contribution is 2.31. The number of aryl methyl sites for hydroxylation is 1. The van der Waals surface area contributed by atoms with Crippen LogP contribution in [0.15, 0.2) is 16.6 Å². The Hall–Kier alpha value is -1.27. The highest BCUT2D eigenvalue weighted by atomic mass is 79.9. The summed E-state index contributed by atoms with van der Waals surface area (Å²) < 4.78 is 6.24. The van der Waals surface area contributed by atoms with Crippen molar-refractivity contribution in [3.05, 3.63) is 27.2 Å². The first kappa shape index (κ1) is 17.8. The SMILES string of the molecule is Cc1cc(Br)cc(Cl)c1OCC(=O)NCC(=O)NC(C)C. The molecule has 0 spiro atoms. The Bertz CT molecular complexity index is 512. The zero-order valence-electron chi connectivity index (χ0n) is 12.1. The highest BCUT2D eigenvalue weighted by molar-refractivity contribution is 9.10. The third-order valence-electron chi connectivity index (χ3n) is 2.44. The summed E-state index contributed by atoms with van der Waals surface area (Å²) in [7, 11) is 0. The Labute approximate surface area is 137 Å². The number of carbonyl (C=O) groups is 2. The molecule has 0 aliphatic rings. The van der Waals surface area contributed by atoms with Gasteiger partial charge >= 0.3 is 0 Å². The summed E-state index contributed by atoms with van der Waals surface area (Å²) in [5.74, 6) is -0.162. The second-order valence-electron chi connectivity index (χ2n) is 4.82. The first-order chi connectivity index (χ1) is 9.79. The van der Waals surface area contributed by atoms with Gasteiger partial charge in [-0.2, -0.15) is 0 Å². The molecular weight excluding hydrogens is 360 g/mol. The van der Waals surface area contributed by atoms with Crippen LogP contribution in [0.2, 0.25) is 5.02 Å². The van der Waals surface area contributed by atoms with Crippen molar-refractivity contribution in [3.8, 4) is 5.75 Å². The van der Waals surface area contributed by atoms with Crippen LogP contribution in [-0.4, -0.2) is 31.0 Å². The zero-order chi connectivity index (χ0) is 16.0. The molecule has 0 aliphatic heterocycles. The van der Waals surface area contributed by atoms with Gasteiger partial charge in [-0.3, -0.25) is 9.59 Å². The van der Waals surface area contributed by atoms with Gasteiger partial charge in [-0.1, -0.05) is 27.5 Å². The number of hydrogen-bond donors (Lipinski definition) is 2. The van der Waals surface area contributed by atoms with Crippen LogP contribution >= 0.6 is 27.5 Å². The molecule has 0 saturated heterocycles. The first-order valence-electron chi connectivity index (χ1n) is 6.44. The summed E-state index contributed by atoms with van der Waals surface area (Å²) in [6, 6.07) is 3.57. The molecule has 0 saturated carbocycles. The molecule has 0 atom stereocenters. The van der Waals surface area contributed by atoms with Gasteiger partial charge in [-0.25, -0.2) is 0 Å². The van der Waals surface area contributed by atoms with Gasteiger partial charge in [0, 0.05) is 10.5 Å². The smallest absolute Gasteiger partial charge is 0.258 e. The number of carbonyl (C=O) groups excluding carboxylic acids is 2. The minimum Gasteiger partial charge on any atom is -0.482 e. The number of hydrogen-bond acceptors (Lipinski definition) is 3. The Balaban J connectivity index is 2.45.